The van der Waals surface area contributed by atoms with Gasteiger partial charge in [-0.05, 0) is 98.2 Å². The van der Waals surface area contributed by atoms with Crippen molar-refractivity contribution < 1.29 is 4.42 Å². The molecule has 0 spiro atoms. The van der Waals surface area contributed by atoms with Gasteiger partial charge in [0, 0.05) is 27.9 Å². The van der Waals surface area contributed by atoms with E-state index in [1.54, 1.807) is 0 Å². The maximum absolute atomic E-state index is 6.46. The number of nitrogens with zero attached hydrogens (tertiary/aromatic N) is 1. The third kappa shape index (κ3) is 6.34. The first-order valence-corrected chi connectivity index (χ1v) is 19.1. The molecule has 1 heterocycles. The molecule has 0 N–H and O–H groups in total. The molecule has 0 amide bonds. The van der Waals surface area contributed by atoms with E-state index in [1.807, 2.05) is 12.1 Å². The summed E-state index contributed by atoms with van der Waals surface area (Å²) in [6, 6.07) is 80.1. The van der Waals surface area contributed by atoms with Crippen LogP contribution in [-0.4, -0.2) is 0 Å². The highest BCUT2D eigenvalue weighted by Crippen LogP contribution is 2.43. The van der Waals surface area contributed by atoms with Crippen molar-refractivity contribution in [3.8, 4) is 55.8 Å². The van der Waals surface area contributed by atoms with Gasteiger partial charge in [0.05, 0.1) is 5.69 Å². The molecule has 2 heteroatoms. The summed E-state index contributed by atoms with van der Waals surface area (Å²) in [5.41, 5.74) is 14.6. The van der Waals surface area contributed by atoms with Gasteiger partial charge in [-0.2, -0.15) is 0 Å². The molecule has 10 aromatic rings. The fourth-order valence-corrected chi connectivity index (χ4v) is 7.84. The van der Waals surface area contributed by atoms with Crippen LogP contribution >= 0.6 is 0 Å². The van der Waals surface area contributed by atoms with Crippen molar-refractivity contribution in [3.63, 3.8) is 0 Å². The molecule has 264 valence electrons. The lowest BCUT2D eigenvalue weighted by Gasteiger charge is -2.28. The van der Waals surface area contributed by atoms with Crippen LogP contribution in [0.4, 0.5) is 17.1 Å². The Labute approximate surface area is 327 Å². The van der Waals surface area contributed by atoms with Gasteiger partial charge in [0.15, 0.2) is 0 Å². The molecule has 0 saturated carbocycles. The van der Waals surface area contributed by atoms with E-state index in [2.05, 4.69) is 217 Å². The van der Waals surface area contributed by atoms with Crippen molar-refractivity contribution in [3.05, 3.63) is 224 Å². The van der Waals surface area contributed by atoms with Crippen LogP contribution in [0.5, 0.6) is 0 Å². The van der Waals surface area contributed by atoms with Gasteiger partial charge in [-0.25, -0.2) is 0 Å². The Hall–Kier alpha value is -7.42. The van der Waals surface area contributed by atoms with E-state index >= 15 is 0 Å². The standard InChI is InChI=1S/C54H37NO/c1-3-13-38(14-4-1)40-23-25-43(26-24-40)50-20-10-11-21-52(50)55(48-33-29-39-15-7-8-18-44(39)35-48)47-31-27-41(28-32-47)45-30-34-49(42-16-5-2-6-17-42)51(36-45)54-37-46-19-9-12-22-53(46)56-54/h1-37H. The molecule has 10 rings (SSSR count). The molecule has 0 atom stereocenters. The zero-order valence-corrected chi connectivity index (χ0v) is 30.7. The third-order valence-electron chi connectivity index (χ3n) is 10.7. The van der Waals surface area contributed by atoms with Crippen molar-refractivity contribution in [2.75, 3.05) is 4.90 Å². The molecule has 0 saturated heterocycles. The molecule has 0 unspecified atom stereocenters. The van der Waals surface area contributed by atoms with E-state index in [0.29, 0.717) is 0 Å². The Bertz CT molecular complexity index is 2910. The average molecular weight is 716 g/mol. The van der Waals surface area contributed by atoms with E-state index in [1.165, 1.54) is 27.5 Å². The summed E-state index contributed by atoms with van der Waals surface area (Å²) in [5, 5.41) is 3.51. The molecule has 2 nitrogen and oxygen atoms in total. The normalized spacial score (nSPS) is 11.2. The van der Waals surface area contributed by atoms with Gasteiger partial charge in [0.25, 0.3) is 0 Å². The molecular formula is C54H37NO. The predicted octanol–water partition coefficient (Wildman–Crippen LogP) is 15.4. The van der Waals surface area contributed by atoms with Gasteiger partial charge >= 0.3 is 0 Å². The lowest BCUT2D eigenvalue weighted by molar-refractivity contribution is 0.632. The molecule has 0 radical (unpaired) electrons. The van der Waals surface area contributed by atoms with Crippen LogP contribution in [0.2, 0.25) is 0 Å². The van der Waals surface area contributed by atoms with Crippen molar-refractivity contribution in [1.82, 2.24) is 0 Å². The van der Waals surface area contributed by atoms with E-state index in [4.69, 9.17) is 4.42 Å². The highest BCUT2D eigenvalue weighted by molar-refractivity contribution is 5.94. The molecule has 0 aliphatic heterocycles. The Morgan fingerprint density at radius 3 is 1.59 bits per heavy atom. The second-order valence-corrected chi connectivity index (χ2v) is 14.1. The highest BCUT2D eigenvalue weighted by Gasteiger charge is 2.19. The SMILES string of the molecule is c1ccc(-c2ccc(-c3ccccc3N(c3ccc(-c4ccc(-c5ccccc5)c(-c5cc6ccccc6o5)c4)cc3)c3ccc4ccccc4c3)cc2)cc1. The molecule has 0 aliphatic carbocycles. The van der Waals surface area contributed by atoms with E-state index in [-0.39, 0.29) is 0 Å². The van der Waals surface area contributed by atoms with Crippen LogP contribution < -0.4 is 4.90 Å². The molecule has 0 bridgehead atoms. The molecule has 9 aromatic carbocycles. The number of furan rings is 1. The Morgan fingerprint density at radius 2 is 0.821 bits per heavy atom. The lowest BCUT2D eigenvalue weighted by Crippen LogP contribution is -2.11. The minimum atomic E-state index is 0.861. The molecule has 1 aromatic heterocycles. The van der Waals surface area contributed by atoms with Crippen LogP contribution in [0.15, 0.2) is 229 Å². The summed E-state index contributed by atoms with van der Waals surface area (Å²) < 4.78 is 6.46. The zero-order chi connectivity index (χ0) is 37.3. The van der Waals surface area contributed by atoms with Crippen molar-refractivity contribution >= 4 is 38.8 Å². The monoisotopic (exact) mass is 715 g/mol. The van der Waals surface area contributed by atoms with Crippen LogP contribution in [0, 0.1) is 0 Å². The number of benzene rings is 9. The smallest absolute Gasteiger partial charge is 0.136 e. The van der Waals surface area contributed by atoms with Crippen LogP contribution in [-0.2, 0) is 0 Å². The second kappa shape index (κ2) is 14.4. The van der Waals surface area contributed by atoms with Crippen LogP contribution in [0.1, 0.15) is 0 Å². The summed E-state index contributed by atoms with van der Waals surface area (Å²) in [6.45, 7) is 0. The number of anilines is 3. The molecule has 56 heavy (non-hydrogen) atoms. The Balaban J connectivity index is 1.07. The molecule has 0 aliphatic rings. The summed E-state index contributed by atoms with van der Waals surface area (Å²) in [6.07, 6.45) is 0. The summed E-state index contributed by atoms with van der Waals surface area (Å²) in [4.78, 5) is 2.38. The maximum atomic E-state index is 6.46. The van der Waals surface area contributed by atoms with Crippen LogP contribution in [0.25, 0.3) is 77.6 Å². The first kappa shape index (κ1) is 33.2. The van der Waals surface area contributed by atoms with Gasteiger partial charge in [0.1, 0.15) is 11.3 Å². The van der Waals surface area contributed by atoms with Gasteiger partial charge in [-0.3, -0.25) is 0 Å². The van der Waals surface area contributed by atoms with E-state index in [0.717, 1.165) is 67.2 Å². The van der Waals surface area contributed by atoms with Gasteiger partial charge in [0.2, 0.25) is 0 Å². The number of hydrogen-bond donors (Lipinski definition) is 0. The maximum Gasteiger partial charge on any atom is 0.136 e. The molecular weight excluding hydrogens is 679 g/mol. The first-order valence-electron chi connectivity index (χ1n) is 19.1. The van der Waals surface area contributed by atoms with Crippen molar-refractivity contribution in [2.24, 2.45) is 0 Å². The lowest BCUT2D eigenvalue weighted by atomic mass is 9.93. The summed E-state index contributed by atoms with van der Waals surface area (Å²) in [5.74, 6) is 0.861. The number of hydrogen-bond acceptors (Lipinski definition) is 2. The van der Waals surface area contributed by atoms with Gasteiger partial charge in [-0.15, -0.1) is 0 Å². The predicted molar refractivity (Wildman–Crippen MR) is 236 cm³/mol. The van der Waals surface area contributed by atoms with Gasteiger partial charge in [-0.1, -0.05) is 176 Å². The topological polar surface area (TPSA) is 16.4 Å². The fourth-order valence-electron chi connectivity index (χ4n) is 7.84. The van der Waals surface area contributed by atoms with E-state index < -0.39 is 0 Å². The van der Waals surface area contributed by atoms with Crippen molar-refractivity contribution in [1.29, 1.82) is 0 Å². The third-order valence-corrected chi connectivity index (χ3v) is 10.7. The summed E-state index contributed by atoms with van der Waals surface area (Å²) in [7, 11) is 0. The van der Waals surface area contributed by atoms with E-state index in [9.17, 15) is 0 Å². The van der Waals surface area contributed by atoms with Crippen LogP contribution in [0.3, 0.4) is 0 Å². The summed E-state index contributed by atoms with van der Waals surface area (Å²) >= 11 is 0. The zero-order valence-electron chi connectivity index (χ0n) is 30.7. The Kier molecular flexibility index (Phi) is 8.55. The average Bonchev–Trinajstić information content (AvgIpc) is 3.72. The minimum Gasteiger partial charge on any atom is -0.456 e. The minimum absolute atomic E-state index is 0.861. The number of fused-ring (bicyclic) bond motifs is 2. The first-order chi connectivity index (χ1) is 27.7. The number of rotatable bonds is 8. The number of para-hydroxylation sites is 2. The highest BCUT2D eigenvalue weighted by atomic mass is 16.3. The molecule has 0 fully saturated rings. The Morgan fingerprint density at radius 1 is 0.286 bits per heavy atom. The quantitative estimate of drug-likeness (QED) is 0.156. The fraction of sp³-hybridized carbons (Fsp3) is 0. The second-order valence-electron chi connectivity index (χ2n) is 14.1. The van der Waals surface area contributed by atoms with Crippen molar-refractivity contribution in [2.45, 2.75) is 0 Å². The van der Waals surface area contributed by atoms with Gasteiger partial charge < -0.3 is 9.32 Å². The largest absolute Gasteiger partial charge is 0.456 e.